The van der Waals surface area contributed by atoms with Gasteiger partial charge in [-0.05, 0) is 37.1 Å². The molecule has 1 aliphatic carbocycles. The molecule has 4 nitrogen and oxygen atoms in total. The molecule has 2 N–H and O–H groups in total. The van der Waals surface area contributed by atoms with Crippen LogP contribution in [-0.4, -0.2) is 18.9 Å². The number of carbonyl (C=O) groups excluding carboxylic acids is 2. The van der Waals surface area contributed by atoms with Gasteiger partial charge in [-0.25, -0.2) is 4.39 Å². The zero-order chi connectivity index (χ0) is 12.5. The number of rotatable bonds is 3. The molecule has 5 heteroatoms. The summed E-state index contributed by atoms with van der Waals surface area (Å²) in [5.41, 5.74) is -0.435. The number of hydrogen-bond acceptors (Lipinski definition) is 2. The van der Waals surface area contributed by atoms with E-state index in [9.17, 15) is 14.0 Å². The minimum absolute atomic E-state index is 0.267. The van der Waals surface area contributed by atoms with Crippen LogP contribution < -0.4 is 10.6 Å². The third kappa shape index (κ3) is 2.13. The van der Waals surface area contributed by atoms with Crippen molar-refractivity contribution in [2.75, 3.05) is 12.4 Å². The molecule has 2 amide bonds. The van der Waals surface area contributed by atoms with Gasteiger partial charge in [-0.15, -0.1) is 0 Å². The second-order valence-electron chi connectivity index (χ2n) is 4.12. The topological polar surface area (TPSA) is 58.2 Å². The molecule has 0 heterocycles. The van der Waals surface area contributed by atoms with Crippen molar-refractivity contribution < 1.29 is 14.0 Å². The highest BCUT2D eigenvalue weighted by Gasteiger charge is 2.56. The first-order valence-corrected chi connectivity index (χ1v) is 5.38. The number of hydrogen-bond donors (Lipinski definition) is 2. The maximum atomic E-state index is 12.7. The van der Waals surface area contributed by atoms with Crippen molar-refractivity contribution in [2.45, 2.75) is 12.8 Å². The van der Waals surface area contributed by atoms with Gasteiger partial charge in [0.1, 0.15) is 11.2 Å². The smallest absolute Gasteiger partial charge is 0.240 e. The number of nitrogens with one attached hydrogen (secondary N) is 2. The van der Waals surface area contributed by atoms with E-state index >= 15 is 0 Å². The molecule has 1 aromatic rings. The second kappa shape index (κ2) is 4.16. The van der Waals surface area contributed by atoms with E-state index in [4.69, 9.17) is 0 Å². The lowest BCUT2D eigenvalue weighted by molar-refractivity contribution is -0.134. The molecule has 0 aliphatic heterocycles. The highest BCUT2D eigenvalue weighted by Crippen LogP contribution is 2.46. The molecule has 1 saturated carbocycles. The van der Waals surface area contributed by atoms with Crippen LogP contribution in [0.15, 0.2) is 24.3 Å². The summed E-state index contributed by atoms with van der Waals surface area (Å²) in [5, 5.41) is 5.10. The van der Waals surface area contributed by atoms with E-state index in [1.54, 1.807) is 0 Å². The SMILES string of the molecule is CNC(=O)C1(C(=O)Nc2ccc(F)cc2)CC1. The van der Waals surface area contributed by atoms with E-state index < -0.39 is 5.41 Å². The van der Waals surface area contributed by atoms with Crippen LogP contribution in [0.4, 0.5) is 10.1 Å². The van der Waals surface area contributed by atoms with Gasteiger partial charge in [-0.2, -0.15) is 0 Å². The molecule has 2 rings (SSSR count). The molecule has 1 fully saturated rings. The maximum Gasteiger partial charge on any atom is 0.240 e. The van der Waals surface area contributed by atoms with Gasteiger partial charge in [-0.1, -0.05) is 0 Å². The van der Waals surface area contributed by atoms with Crippen molar-refractivity contribution in [2.24, 2.45) is 5.41 Å². The highest BCUT2D eigenvalue weighted by molar-refractivity contribution is 6.12. The molecular formula is C12H13FN2O2. The van der Waals surface area contributed by atoms with Crippen LogP contribution in [0.5, 0.6) is 0 Å². The van der Waals surface area contributed by atoms with E-state index in [1.165, 1.54) is 31.3 Å². The third-order valence-corrected chi connectivity index (χ3v) is 2.95. The molecule has 90 valence electrons. The number of carbonyl (C=O) groups is 2. The fourth-order valence-electron chi connectivity index (χ4n) is 1.71. The summed E-state index contributed by atoms with van der Waals surface area (Å²) in [5.74, 6) is -0.962. The largest absolute Gasteiger partial charge is 0.358 e. The lowest BCUT2D eigenvalue weighted by atomic mass is 10.1. The molecule has 0 spiro atoms. The second-order valence-corrected chi connectivity index (χ2v) is 4.12. The number of amides is 2. The quantitative estimate of drug-likeness (QED) is 0.777. The van der Waals surface area contributed by atoms with Crippen molar-refractivity contribution in [3.05, 3.63) is 30.1 Å². The average Bonchev–Trinajstić information content (AvgIpc) is 3.12. The van der Waals surface area contributed by atoms with Crippen molar-refractivity contribution in [1.29, 1.82) is 0 Å². The summed E-state index contributed by atoms with van der Waals surface area (Å²) in [6.07, 6.45) is 1.11. The molecule has 0 saturated heterocycles. The zero-order valence-corrected chi connectivity index (χ0v) is 9.42. The molecule has 0 bridgehead atoms. The maximum absolute atomic E-state index is 12.7. The lowest BCUT2D eigenvalue weighted by Gasteiger charge is -2.13. The van der Waals surface area contributed by atoms with Crippen molar-refractivity contribution >= 4 is 17.5 Å². The summed E-state index contributed by atoms with van der Waals surface area (Å²) in [4.78, 5) is 23.5. The average molecular weight is 236 g/mol. The first kappa shape index (κ1) is 11.6. The van der Waals surface area contributed by atoms with Gasteiger partial charge in [0, 0.05) is 12.7 Å². The first-order chi connectivity index (χ1) is 8.08. The Balaban J connectivity index is 2.07. The van der Waals surface area contributed by atoms with E-state index in [1.807, 2.05) is 0 Å². The standard InChI is InChI=1S/C12H13FN2O2/c1-14-10(16)12(6-7-12)11(17)15-9-4-2-8(13)3-5-9/h2-5H,6-7H2,1H3,(H,14,16)(H,15,17). The molecule has 0 aromatic heterocycles. The summed E-state index contributed by atoms with van der Waals surface area (Å²) < 4.78 is 12.7. The van der Waals surface area contributed by atoms with E-state index in [-0.39, 0.29) is 17.6 Å². The Morgan fingerprint density at radius 3 is 2.24 bits per heavy atom. The fourth-order valence-corrected chi connectivity index (χ4v) is 1.71. The molecule has 1 aliphatic rings. The Bertz CT molecular complexity index is 452. The Morgan fingerprint density at radius 1 is 1.18 bits per heavy atom. The van der Waals surface area contributed by atoms with Gasteiger partial charge in [0.05, 0.1) is 0 Å². The van der Waals surface area contributed by atoms with Crippen molar-refractivity contribution in [3.8, 4) is 0 Å². The Labute approximate surface area is 98.2 Å². The third-order valence-electron chi connectivity index (χ3n) is 2.95. The number of anilines is 1. The minimum Gasteiger partial charge on any atom is -0.358 e. The minimum atomic E-state index is -0.927. The van der Waals surface area contributed by atoms with Gasteiger partial charge >= 0.3 is 0 Å². The van der Waals surface area contributed by atoms with Gasteiger partial charge < -0.3 is 10.6 Å². The first-order valence-electron chi connectivity index (χ1n) is 5.38. The van der Waals surface area contributed by atoms with Gasteiger partial charge in [0.15, 0.2) is 0 Å². The van der Waals surface area contributed by atoms with E-state index in [0.29, 0.717) is 18.5 Å². The van der Waals surface area contributed by atoms with Crippen LogP contribution in [0.3, 0.4) is 0 Å². The van der Waals surface area contributed by atoms with Crippen LogP contribution in [0.2, 0.25) is 0 Å². The number of halogens is 1. The van der Waals surface area contributed by atoms with Crippen LogP contribution in [0.1, 0.15) is 12.8 Å². The summed E-state index contributed by atoms with van der Waals surface area (Å²) in [7, 11) is 1.51. The predicted molar refractivity (Wildman–Crippen MR) is 60.8 cm³/mol. The summed E-state index contributed by atoms with van der Waals surface area (Å²) in [6, 6.07) is 5.45. The van der Waals surface area contributed by atoms with Crippen LogP contribution in [0, 0.1) is 11.2 Å². The molecule has 0 atom stereocenters. The molecule has 17 heavy (non-hydrogen) atoms. The molecular weight excluding hydrogens is 223 g/mol. The Kier molecular flexibility index (Phi) is 2.83. The summed E-state index contributed by atoms with van der Waals surface area (Å²) >= 11 is 0. The van der Waals surface area contributed by atoms with E-state index in [0.717, 1.165) is 0 Å². The predicted octanol–water partition coefficient (Wildman–Crippen LogP) is 1.29. The number of benzene rings is 1. The van der Waals surface area contributed by atoms with Crippen LogP contribution in [-0.2, 0) is 9.59 Å². The van der Waals surface area contributed by atoms with Crippen molar-refractivity contribution in [1.82, 2.24) is 5.32 Å². The zero-order valence-electron chi connectivity index (χ0n) is 9.42. The normalized spacial score (nSPS) is 16.1. The lowest BCUT2D eigenvalue weighted by Crippen LogP contribution is -2.38. The van der Waals surface area contributed by atoms with Gasteiger partial charge in [-0.3, -0.25) is 9.59 Å². The van der Waals surface area contributed by atoms with Gasteiger partial charge in [0.25, 0.3) is 0 Å². The summed E-state index contributed by atoms with van der Waals surface area (Å²) in [6.45, 7) is 0. The molecule has 0 radical (unpaired) electrons. The monoisotopic (exact) mass is 236 g/mol. The Hall–Kier alpha value is -1.91. The highest BCUT2D eigenvalue weighted by atomic mass is 19.1. The van der Waals surface area contributed by atoms with Gasteiger partial charge in [0.2, 0.25) is 11.8 Å². The van der Waals surface area contributed by atoms with Crippen molar-refractivity contribution in [3.63, 3.8) is 0 Å². The Morgan fingerprint density at radius 2 is 1.76 bits per heavy atom. The molecule has 1 aromatic carbocycles. The van der Waals surface area contributed by atoms with E-state index in [2.05, 4.69) is 10.6 Å². The molecule has 0 unspecified atom stereocenters. The van der Waals surface area contributed by atoms with Crippen LogP contribution in [0.25, 0.3) is 0 Å². The fraction of sp³-hybridized carbons (Fsp3) is 0.333. The van der Waals surface area contributed by atoms with Crippen LogP contribution >= 0.6 is 0 Å².